The summed E-state index contributed by atoms with van der Waals surface area (Å²) in [7, 11) is 1.38. The minimum absolute atomic E-state index is 0.0202. The van der Waals surface area contributed by atoms with Crippen molar-refractivity contribution in [3.8, 4) is 22.6 Å². The third-order valence-electron chi connectivity index (χ3n) is 7.56. The van der Waals surface area contributed by atoms with Gasteiger partial charge in [-0.2, -0.15) is 0 Å². The fraction of sp³-hybridized carbons (Fsp3) is 0.281. The summed E-state index contributed by atoms with van der Waals surface area (Å²) in [6.07, 6.45) is -6.06. The van der Waals surface area contributed by atoms with E-state index in [9.17, 15) is 24.6 Å². The molecule has 2 heterocycles. The minimum atomic E-state index is -1.51. The summed E-state index contributed by atoms with van der Waals surface area (Å²) in [5, 5.41) is 24.6. The number of hydrogen-bond donors (Lipinski definition) is 4. The standard InChI is InChI=1S/C32H31BrN2O10/c1-15-21(42-30-24(37)26(44-31(34)40)27(41-4)32(2,3)45-30)13-12-19-23(36)22(29(39)43-25(15)19)35-28(38)17-9-7-8-16(14-17)18-10-5-6-11-20(18)33/h5-14,24,26-27,30,36-37H,1-4H3,(H2,34,40)(H,35,38)/t24-,26+,27-,30-/m1/s1. The molecule has 0 saturated carbocycles. The molecule has 2 amide bonds. The van der Waals surface area contributed by atoms with E-state index < -0.39 is 59.3 Å². The van der Waals surface area contributed by atoms with Gasteiger partial charge in [-0.05, 0) is 62.2 Å². The Morgan fingerprint density at radius 2 is 1.82 bits per heavy atom. The predicted molar refractivity (Wildman–Crippen MR) is 167 cm³/mol. The van der Waals surface area contributed by atoms with Crippen LogP contribution in [0.15, 0.2) is 74.3 Å². The number of methoxy groups -OCH3 is 1. The number of aliphatic hydroxyl groups is 1. The number of ether oxygens (including phenoxy) is 4. The van der Waals surface area contributed by atoms with Gasteiger partial charge in [-0.1, -0.05) is 46.3 Å². The molecule has 0 unspecified atom stereocenters. The summed E-state index contributed by atoms with van der Waals surface area (Å²) in [6.45, 7) is 4.90. The predicted octanol–water partition coefficient (Wildman–Crippen LogP) is 4.84. The van der Waals surface area contributed by atoms with Crippen LogP contribution in [0.25, 0.3) is 22.1 Å². The first-order valence-corrected chi connectivity index (χ1v) is 14.6. The van der Waals surface area contributed by atoms with Crippen molar-refractivity contribution in [2.24, 2.45) is 5.73 Å². The van der Waals surface area contributed by atoms with Crippen LogP contribution >= 0.6 is 15.9 Å². The van der Waals surface area contributed by atoms with Gasteiger partial charge in [0.05, 0.1) is 11.0 Å². The topological polar surface area (TPSA) is 180 Å². The van der Waals surface area contributed by atoms with Crippen molar-refractivity contribution in [2.75, 3.05) is 12.4 Å². The lowest BCUT2D eigenvalue weighted by Gasteiger charge is -2.47. The molecule has 13 heteroatoms. The zero-order valence-corrected chi connectivity index (χ0v) is 26.3. The number of benzene rings is 3. The lowest BCUT2D eigenvalue weighted by atomic mass is 9.89. The van der Waals surface area contributed by atoms with E-state index in [0.717, 1.165) is 15.6 Å². The van der Waals surface area contributed by atoms with Gasteiger partial charge in [0.15, 0.2) is 23.6 Å². The smallest absolute Gasteiger partial charge is 0.404 e. The summed E-state index contributed by atoms with van der Waals surface area (Å²) in [5.74, 6) is -0.992. The zero-order chi connectivity index (χ0) is 32.6. The molecule has 1 aromatic heterocycles. The van der Waals surface area contributed by atoms with E-state index in [1.54, 1.807) is 39.0 Å². The Kier molecular flexibility index (Phi) is 8.90. The third kappa shape index (κ3) is 6.25. The maximum Gasteiger partial charge on any atom is 0.404 e. The second-order valence-corrected chi connectivity index (χ2v) is 11.8. The van der Waals surface area contributed by atoms with Gasteiger partial charge in [0, 0.05) is 22.7 Å². The molecule has 0 bridgehead atoms. The van der Waals surface area contributed by atoms with Crippen LogP contribution in [0.3, 0.4) is 0 Å². The van der Waals surface area contributed by atoms with E-state index in [1.165, 1.54) is 19.2 Å². The van der Waals surface area contributed by atoms with E-state index >= 15 is 0 Å². The van der Waals surface area contributed by atoms with Crippen LogP contribution in [0.2, 0.25) is 0 Å². The van der Waals surface area contributed by atoms with Gasteiger partial charge in [-0.25, -0.2) is 9.59 Å². The number of nitrogens with two attached hydrogens (primary N) is 1. The first-order valence-electron chi connectivity index (χ1n) is 13.8. The highest BCUT2D eigenvalue weighted by Gasteiger charge is 2.53. The first-order chi connectivity index (χ1) is 21.3. The molecular weight excluding hydrogens is 652 g/mol. The van der Waals surface area contributed by atoms with Crippen LogP contribution in [0, 0.1) is 6.92 Å². The number of fused-ring (bicyclic) bond motifs is 1. The van der Waals surface area contributed by atoms with Crippen molar-refractivity contribution >= 4 is 44.6 Å². The Labute approximate surface area is 265 Å². The number of hydrogen-bond acceptors (Lipinski definition) is 10. The number of primary amides is 1. The Morgan fingerprint density at radius 3 is 2.51 bits per heavy atom. The van der Waals surface area contributed by atoms with Gasteiger partial charge in [-0.3, -0.25) is 4.79 Å². The Morgan fingerprint density at radius 1 is 1.09 bits per heavy atom. The Balaban J connectivity index is 1.42. The van der Waals surface area contributed by atoms with Crippen LogP contribution in [0.1, 0.15) is 29.8 Å². The minimum Gasteiger partial charge on any atom is -0.505 e. The number of halogens is 1. The van der Waals surface area contributed by atoms with E-state index in [-0.39, 0.29) is 27.8 Å². The number of carbonyl (C=O) groups excluding carboxylic acids is 2. The molecule has 1 fully saturated rings. The summed E-state index contributed by atoms with van der Waals surface area (Å²) in [5.41, 5.74) is 4.86. The third-order valence-corrected chi connectivity index (χ3v) is 8.25. The number of nitrogens with one attached hydrogen (secondary N) is 1. The maximum atomic E-state index is 13.2. The fourth-order valence-corrected chi connectivity index (χ4v) is 5.90. The van der Waals surface area contributed by atoms with Gasteiger partial charge >= 0.3 is 11.7 Å². The molecule has 12 nitrogen and oxygen atoms in total. The number of carbonyl (C=O) groups is 2. The normalized spacial score (nSPS) is 20.8. The van der Waals surface area contributed by atoms with E-state index in [1.807, 2.05) is 30.3 Å². The second kappa shape index (κ2) is 12.5. The highest BCUT2D eigenvalue weighted by Crippen LogP contribution is 2.38. The second-order valence-electron chi connectivity index (χ2n) is 10.9. The molecule has 5 rings (SSSR count). The Bertz CT molecular complexity index is 1840. The van der Waals surface area contributed by atoms with Crippen LogP contribution in [-0.2, 0) is 14.2 Å². The van der Waals surface area contributed by atoms with Crippen LogP contribution in [-0.4, -0.2) is 59.5 Å². The van der Waals surface area contributed by atoms with Crippen molar-refractivity contribution in [2.45, 2.75) is 51.0 Å². The van der Waals surface area contributed by atoms with E-state index in [4.69, 9.17) is 29.1 Å². The lowest BCUT2D eigenvalue weighted by molar-refractivity contribution is -0.304. The molecule has 45 heavy (non-hydrogen) atoms. The van der Waals surface area contributed by atoms with Gasteiger partial charge < -0.3 is 44.6 Å². The highest BCUT2D eigenvalue weighted by atomic mass is 79.9. The van der Waals surface area contributed by atoms with Crippen LogP contribution in [0.5, 0.6) is 11.5 Å². The van der Waals surface area contributed by atoms with Crippen molar-refractivity contribution in [3.05, 3.63) is 86.7 Å². The number of amides is 2. The van der Waals surface area contributed by atoms with E-state index in [2.05, 4.69) is 21.2 Å². The monoisotopic (exact) mass is 682 g/mol. The number of aromatic hydroxyl groups is 1. The molecular formula is C32H31BrN2O10. The summed E-state index contributed by atoms with van der Waals surface area (Å²) < 4.78 is 28.8. The average Bonchev–Trinajstić information content (AvgIpc) is 2.99. The average molecular weight is 684 g/mol. The summed E-state index contributed by atoms with van der Waals surface area (Å²) >= 11 is 3.51. The van der Waals surface area contributed by atoms with Crippen LogP contribution in [0.4, 0.5) is 10.5 Å². The van der Waals surface area contributed by atoms with Crippen molar-refractivity contribution < 1.29 is 43.2 Å². The fourth-order valence-electron chi connectivity index (χ4n) is 5.38. The number of aliphatic hydroxyl groups excluding tert-OH is 1. The van der Waals surface area contributed by atoms with Crippen molar-refractivity contribution in [1.82, 2.24) is 0 Å². The molecule has 4 atom stereocenters. The molecule has 0 spiro atoms. The maximum absolute atomic E-state index is 13.2. The number of aryl methyl sites for hydroxylation is 1. The van der Waals surface area contributed by atoms with Gasteiger partial charge in [0.25, 0.3) is 5.91 Å². The zero-order valence-electron chi connectivity index (χ0n) is 24.7. The largest absolute Gasteiger partial charge is 0.505 e. The molecule has 0 radical (unpaired) electrons. The van der Waals surface area contributed by atoms with E-state index in [0.29, 0.717) is 0 Å². The van der Waals surface area contributed by atoms with Crippen molar-refractivity contribution in [3.63, 3.8) is 0 Å². The molecule has 1 saturated heterocycles. The molecule has 5 N–H and O–H groups in total. The molecule has 0 aliphatic carbocycles. The molecule has 3 aromatic carbocycles. The highest BCUT2D eigenvalue weighted by molar-refractivity contribution is 9.10. The molecule has 1 aliphatic rings. The van der Waals surface area contributed by atoms with Gasteiger partial charge in [0.2, 0.25) is 6.29 Å². The number of rotatable bonds is 7. The lowest BCUT2D eigenvalue weighted by Crippen LogP contribution is -2.65. The first kappa shape index (κ1) is 32.0. The molecule has 1 aliphatic heterocycles. The quantitative estimate of drug-likeness (QED) is 0.197. The number of anilines is 1. The van der Waals surface area contributed by atoms with Crippen molar-refractivity contribution in [1.29, 1.82) is 0 Å². The molecule has 4 aromatic rings. The molecule has 236 valence electrons. The summed E-state index contributed by atoms with van der Waals surface area (Å²) in [4.78, 5) is 37.7. The van der Waals surface area contributed by atoms with Crippen LogP contribution < -0.4 is 21.4 Å². The van der Waals surface area contributed by atoms with Gasteiger partial charge in [0.1, 0.15) is 17.4 Å². The Hall–Kier alpha value is -4.43. The summed E-state index contributed by atoms with van der Waals surface area (Å²) in [6, 6.07) is 17.2. The SMILES string of the molecule is CO[C@@H]1[C@@H](OC(N)=O)[C@@H](O)[C@H](Oc2ccc3c(O)c(NC(=O)c4cccc(-c5ccccc5Br)c4)c(=O)oc3c2C)OC1(C)C. The van der Waals surface area contributed by atoms with Gasteiger partial charge in [-0.15, -0.1) is 0 Å².